The van der Waals surface area contributed by atoms with E-state index in [0.717, 1.165) is 6.42 Å². The van der Waals surface area contributed by atoms with Crippen molar-refractivity contribution in [3.8, 4) is 0 Å². The van der Waals surface area contributed by atoms with Gasteiger partial charge in [0.2, 0.25) is 0 Å². The summed E-state index contributed by atoms with van der Waals surface area (Å²) < 4.78 is 0. The predicted molar refractivity (Wildman–Crippen MR) is 83.1 cm³/mol. The molecule has 1 rings (SSSR count). The van der Waals surface area contributed by atoms with Crippen LogP contribution in [0.15, 0.2) is 24.3 Å². The Kier molecular flexibility index (Phi) is 5.75. The van der Waals surface area contributed by atoms with Crippen LogP contribution in [0.25, 0.3) is 0 Å². The summed E-state index contributed by atoms with van der Waals surface area (Å²) in [6, 6.07) is 8.25. The van der Waals surface area contributed by atoms with Crippen molar-refractivity contribution in [2.45, 2.75) is 52.5 Å². The maximum absolute atomic E-state index is 10.7. The standard InChI is InChI=1S/C17H27NO2/c1-12(11-18-13(2)16(19)20)10-14-6-8-15(9-7-14)17(3,4)5/h6-9,12-13,18H,10-11H2,1-5H3,(H,19,20). The maximum atomic E-state index is 10.7. The van der Waals surface area contributed by atoms with Crippen molar-refractivity contribution in [2.24, 2.45) is 5.92 Å². The number of carboxylic acid groups (broad SMARTS) is 1. The van der Waals surface area contributed by atoms with Gasteiger partial charge < -0.3 is 10.4 Å². The zero-order valence-corrected chi connectivity index (χ0v) is 13.2. The predicted octanol–water partition coefficient (Wildman–Crippen LogP) is 3.23. The molecule has 2 atom stereocenters. The summed E-state index contributed by atoms with van der Waals surface area (Å²) in [5.41, 5.74) is 2.82. The van der Waals surface area contributed by atoms with Crippen molar-refractivity contribution in [2.75, 3.05) is 6.54 Å². The molecular formula is C17H27NO2. The monoisotopic (exact) mass is 277 g/mol. The number of hydrogen-bond donors (Lipinski definition) is 2. The zero-order chi connectivity index (χ0) is 15.3. The van der Waals surface area contributed by atoms with Gasteiger partial charge in [0, 0.05) is 0 Å². The third kappa shape index (κ3) is 5.33. The Balaban J connectivity index is 2.50. The summed E-state index contributed by atoms with van der Waals surface area (Å²) in [5.74, 6) is -0.385. The highest BCUT2D eigenvalue weighted by Crippen LogP contribution is 2.22. The summed E-state index contributed by atoms with van der Waals surface area (Å²) in [4.78, 5) is 10.7. The summed E-state index contributed by atoms with van der Waals surface area (Å²) in [6.45, 7) is 11.2. The van der Waals surface area contributed by atoms with E-state index in [-0.39, 0.29) is 5.41 Å². The molecule has 0 fully saturated rings. The first-order valence-electron chi connectivity index (χ1n) is 7.25. The largest absolute Gasteiger partial charge is 0.480 e. The Morgan fingerprint density at radius 3 is 2.20 bits per heavy atom. The molecule has 20 heavy (non-hydrogen) atoms. The maximum Gasteiger partial charge on any atom is 0.320 e. The Labute approximate surface area is 122 Å². The molecule has 1 aromatic rings. The van der Waals surface area contributed by atoms with E-state index in [1.54, 1.807) is 6.92 Å². The number of aliphatic carboxylic acids is 1. The van der Waals surface area contributed by atoms with Crippen molar-refractivity contribution >= 4 is 5.97 Å². The van der Waals surface area contributed by atoms with Crippen LogP contribution >= 0.6 is 0 Å². The van der Waals surface area contributed by atoms with Crippen LogP contribution in [0, 0.1) is 5.92 Å². The van der Waals surface area contributed by atoms with Gasteiger partial charge in [-0.05, 0) is 42.3 Å². The molecule has 0 aromatic heterocycles. The first-order chi connectivity index (χ1) is 9.20. The minimum atomic E-state index is -0.799. The molecule has 0 spiro atoms. The normalized spacial score (nSPS) is 14.8. The molecule has 2 N–H and O–H groups in total. The van der Waals surface area contributed by atoms with Gasteiger partial charge in [0.05, 0.1) is 0 Å². The van der Waals surface area contributed by atoms with Crippen LogP contribution in [0.2, 0.25) is 0 Å². The van der Waals surface area contributed by atoms with Crippen LogP contribution in [0.3, 0.4) is 0 Å². The molecule has 1 aromatic carbocycles. The summed E-state index contributed by atoms with van der Waals surface area (Å²) in [7, 11) is 0. The Bertz CT molecular complexity index is 431. The van der Waals surface area contributed by atoms with Gasteiger partial charge in [-0.15, -0.1) is 0 Å². The molecule has 0 radical (unpaired) electrons. The summed E-state index contributed by atoms with van der Waals surface area (Å²) >= 11 is 0. The van der Waals surface area contributed by atoms with Crippen LogP contribution in [0.4, 0.5) is 0 Å². The highest BCUT2D eigenvalue weighted by molar-refractivity contribution is 5.72. The molecule has 0 aliphatic heterocycles. The molecule has 0 aliphatic rings. The quantitative estimate of drug-likeness (QED) is 0.839. The van der Waals surface area contributed by atoms with Crippen molar-refractivity contribution in [1.82, 2.24) is 5.32 Å². The molecule has 0 amide bonds. The van der Waals surface area contributed by atoms with Gasteiger partial charge in [0.15, 0.2) is 0 Å². The van der Waals surface area contributed by atoms with Crippen LogP contribution in [0.5, 0.6) is 0 Å². The lowest BCUT2D eigenvalue weighted by atomic mass is 9.86. The third-order valence-corrected chi connectivity index (χ3v) is 3.55. The molecule has 0 saturated carbocycles. The lowest BCUT2D eigenvalue weighted by molar-refractivity contribution is -0.139. The van der Waals surface area contributed by atoms with E-state index in [9.17, 15) is 4.79 Å². The molecule has 2 unspecified atom stereocenters. The molecule has 3 heteroatoms. The lowest BCUT2D eigenvalue weighted by Gasteiger charge is -2.20. The van der Waals surface area contributed by atoms with Gasteiger partial charge >= 0.3 is 5.97 Å². The highest BCUT2D eigenvalue weighted by Gasteiger charge is 2.14. The number of hydrogen-bond acceptors (Lipinski definition) is 2. The van der Waals surface area contributed by atoms with Crippen molar-refractivity contribution < 1.29 is 9.90 Å². The van der Waals surface area contributed by atoms with Crippen molar-refractivity contribution in [3.63, 3.8) is 0 Å². The van der Waals surface area contributed by atoms with E-state index in [1.165, 1.54) is 11.1 Å². The lowest BCUT2D eigenvalue weighted by Crippen LogP contribution is -2.36. The molecule has 112 valence electrons. The van der Waals surface area contributed by atoms with Crippen LogP contribution < -0.4 is 5.32 Å². The third-order valence-electron chi connectivity index (χ3n) is 3.55. The first-order valence-corrected chi connectivity index (χ1v) is 7.25. The van der Waals surface area contributed by atoms with Gasteiger partial charge in [0.25, 0.3) is 0 Å². The molecule has 3 nitrogen and oxygen atoms in total. The minimum Gasteiger partial charge on any atom is -0.480 e. The van der Waals surface area contributed by atoms with E-state index >= 15 is 0 Å². The van der Waals surface area contributed by atoms with E-state index in [1.807, 2.05) is 0 Å². The number of carboxylic acids is 1. The van der Waals surface area contributed by atoms with Gasteiger partial charge in [-0.3, -0.25) is 4.79 Å². The number of benzene rings is 1. The zero-order valence-electron chi connectivity index (χ0n) is 13.2. The van der Waals surface area contributed by atoms with Crippen molar-refractivity contribution in [1.29, 1.82) is 0 Å². The highest BCUT2D eigenvalue weighted by atomic mass is 16.4. The molecule has 0 heterocycles. The fourth-order valence-corrected chi connectivity index (χ4v) is 2.08. The average Bonchev–Trinajstić information content (AvgIpc) is 2.35. The van der Waals surface area contributed by atoms with Crippen LogP contribution in [0.1, 0.15) is 45.7 Å². The Hall–Kier alpha value is -1.35. The first kappa shape index (κ1) is 16.7. The van der Waals surface area contributed by atoms with Gasteiger partial charge in [-0.2, -0.15) is 0 Å². The topological polar surface area (TPSA) is 49.3 Å². The fourth-order valence-electron chi connectivity index (χ4n) is 2.08. The van der Waals surface area contributed by atoms with Crippen molar-refractivity contribution in [3.05, 3.63) is 35.4 Å². The van der Waals surface area contributed by atoms with Gasteiger partial charge in [0.1, 0.15) is 6.04 Å². The smallest absolute Gasteiger partial charge is 0.320 e. The average molecular weight is 277 g/mol. The molecule has 0 bridgehead atoms. The van der Waals surface area contributed by atoms with E-state index < -0.39 is 12.0 Å². The molecular weight excluding hydrogens is 250 g/mol. The van der Waals surface area contributed by atoms with Crippen LogP contribution in [-0.2, 0) is 16.6 Å². The summed E-state index contributed by atoms with van der Waals surface area (Å²) in [6.07, 6.45) is 0.962. The second-order valence-corrected chi connectivity index (χ2v) is 6.72. The van der Waals surface area contributed by atoms with Gasteiger partial charge in [-0.25, -0.2) is 0 Å². The fraction of sp³-hybridized carbons (Fsp3) is 0.588. The second-order valence-electron chi connectivity index (χ2n) is 6.72. The molecule has 0 saturated heterocycles. The number of carbonyl (C=O) groups is 1. The minimum absolute atomic E-state index is 0.183. The SMILES string of the molecule is CC(CNC(C)C(=O)O)Cc1ccc(C(C)(C)C)cc1. The second kappa shape index (κ2) is 6.89. The van der Waals surface area contributed by atoms with Crippen LogP contribution in [-0.4, -0.2) is 23.7 Å². The van der Waals surface area contributed by atoms with E-state index in [2.05, 4.69) is 57.3 Å². The number of rotatable bonds is 6. The number of nitrogens with one attached hydrogen (secondary N) is 1. The van der Waals surface area contributed by atoms with E-state index in [4.69, 9.17) is 5.11 Å². The Morgan fingerprint density at radius 1 is 1.20 bits per heavy atom. The van der Waals surface area contributed by atoms with Gasteiger partial charge in [-0.1, -0.05) is 52.0 Å². The Morgan fingerprint density at radius 2 is 1.75 bits per heavy atom. The van der Waals surface area contributed by atoms with E-state index in [0.29, 0.717) is 12.5 Å². The summed E-state index contributed by atoms with van der Waals surface area (Å²) in [5, 5.41) is 11.9. The molecule has 0 aliphatic carbocycles.